The van der Waals surface area contributed by atoms with Crippen LogP contribution in [0.5, 0.6) is 0 Å². The molecule has 1 unspecified atom stereocenters. The Bertz CT molecular complexity index is 880. The summed E-state index contributed by atoms with van der Waals surface area (Å²) in [6, 6.07) is 6.94. The third kappa shape index (κ3) is 5.58. The molecule has 1 aromatic heterocycles. The van der Waals surface area contributed by atoms with E-state index in [1.807, 2.05) is 4.90 Å². The first-order chi connectivity index (χ1) is 14.2. The highest BCUT2D eigenvalue weighted by atomic mass is 19.4. The van der Waals surface area contributed by atoms with Gasteiger partial charge in [0.05, 0.1) is 5.56 Å². The maximum absolute atomic E-state index is 12.8. The van der Waals surface area contributed by atoms with Crippen LogP contribution in [0.3, 0.4) is 0 Å². The van der Waals surface area contributed by atoms with Crippen LogP contribution in [0.4, 0.5) is 19.1 Å². The molecule has 1 atom stereocenters. The molecule has 8 heteroatoms. The maximum atomic E-state index is 12.8. The minimum atomic E-state index is -4.36. The number of halogens is 3. The first-order valence-corrected chi connectivity index (χ1v) is 9.93. The molecule has 2 aromatic rings. The fourth-order valence-corrected chi connectivity index (χ4v) is 3.51. The topological polar surface area (TPSA) is 58.1 Å². The molecule has 2 heterocycles. The van der Waals surface area contributed by atoms with E-state index >= 15 is 0 Å². The summed E-state index contributed by atoms with van der Waals surface area (Å²) in [7, 11) is 0. The number of alkyl halides is 3. The van der Waals surface area contributed by atoms with Crippen LogP contribution in [0.25, 0.3) is 0 Å². The van der Waals surface area contributed by atoms with E-state index in [4.69, 9.17) is 0 Å². The fourth-order valence-electron chi connectivity index (χ4n) is 3.51. The number of nitrogens with zero attached hydrogens (tertiary/aromatic N) is 3. The molecule has 3 rings (SSSR count). The van der Waals surface area contributed by atoms with Crippen molar-refractivity contribution >= 4 is 11.9 Å². The number of carbonyl (C=O) groups excluding carboxylic acids is 1. The second-order valence-electron chi connectivity index (χ2n) is 7.80. The van der Waals surface area contributed by atoms with Crippen LogP contribution >= 0.6 is 0 Å². The Morgan fingerprint density at radius 2 is 1.83 bits per heavy atom. The quantitative estimate of drug-likeness (QED) is 0.718. The van der Waals surface area contributed by atoms with Crippen molar-refractivity contribution in [3.8, 4) is 0 Å². The van der Waals surface area contributed by atoms with E-state index in [2.05, 4.69) is 29.1 Å². The monoisotopic (exact) mass is 418 g/mol. The minimum absolute atomic E-state index is 0.0632. The molecule has 0 spiro atoms. The van der Waals surface area contributed by atoms with Crippen molar-refractivity contribution in [2.45, 2.75) is 38.8 Å². The molecule has 0 saturated carbocycles. The van der Waals surface area contributed by atoms with Crippen molar-refractivity contribution in [3.05, 3.63) is 65.6 Å². The van der Waals surface area contributed by atoms with Crippen LogP contribution in [0.15, 0.2) is 54.5 Å². The van der Waals surface area contributed by atoms with Gasteiger partial charge in [-0.05, 0) is 42.5 Å². The van der Waals surface area contributed by atoms with Crippen molar-refractivity contribution in [2.24, 2.45) is 5.92 Å². The third-order valence-electron chi connectivity index (χ3n) is 5.01. The van der Waals surface area contributed by atoms with Gasteiger partial charge >= 0.3 is 6.18 Å². The van der Waals surface area contributed by atoms with Gasteiger partial charge in [0, 0.05) is 43.2 Å². The summed E-state index contributed by atoms with van der Waals surface area (Å²) in [6.45, 7) is 5.09. The summed E-state index contributed by atoms with van der Waals surface area (Å²) >= 11 is 0. The minimum Gasteiger partial charge on any atom is -0.352 e. The average Bonchev–Trinajstić information content (AvgIpc) is 3.21. The molecule has 1 N–H and O–H groups in total. The SMILES string of the molecule is CC(C)CC(CNC(=O)C1=CN(c2ncccn2)CC1)c1ccc(C(F)(F)F)cc1. The maximum Gasteiger partial charge on any atom is 0.416 e. The standard InChI is InChI=1S/C22H25F3N4O/c1-15(2)12-18(16-4-6-19(7-5-16)22(23,24)25)13-28-20(30)17-8-11-29(14-17)21-26-9-3-10-27-21/h3-7,9-10,14-15,18H,8,11-13H2,1-2H3,(H,28,30). The Hall–Kier alpha value is -2.90. The van der Waals surface area contributed by atoms with Gasteiger partial charge in [0.15, 0.2) is 0 Å². The number of hydrogen-bond donors (Lipinski definition) is 1. The van der Waals surface area contributed by atoms with E-state index in [1.54, 1.807) is 24.7 Å². The number of benzene rings is 1. The average molecular weight is 418 g/mol. The normalized spacial score (nSPS) is 15.3. The van der Waals surface area contributed by atoms with Crippen molar-refractivity contribution in [2.75, 3.05) is 18.0 Å². The molecule has 1 aliphatic rings. The van der Waals surface area contributed by atoms with Crippen molar-refractivity contribution in [1.82, 2.24) is 15.3 Å². The van der Waals surface area contributed by atoms with Gasteiger partial charge in [-0.25, -0.2) is 9.97 Å². The highest BCUT2D eigenvalue weighted by Crippen LogP contribution is 2.31. The predicted octanol–water partition coefficient (Wildman–Crippen LogP) is 4.54. The zero-order valence-corrected chi connectivity index (χ0v) is 17.0. The van der Waals surface area contributed by atoms with Crippen molar-refractivity contribution in [3.63, 3.8) is 0 Å². The number of anilines is 1. The Morgan fingerprint density at radius 3 is 2.43 bits per heavy atom. The Kier molecular flexibility index (Phi) is 6.74. The lowest BCUT2D eigenvalue weighted by Gasteiger charge is -2.21. The van der Waals surface area contributed by atoms with E-state index in [9.17, 15) is 18.0 Å². The van der Waals surface area contributed by atoms with Gasteiger partial charge in [-0.1, -0.05) is 26.0 Å². The molecule has 30 heavy (non-hydrogen) atoms. The molecule has 160 valence electrons. The molecular formula is C22H25F3N4O. The zero-order valence-electron chi connectivity index (χ0n) is 17.0. The van der Waals surface area contributed by atoms with Gasteiger partial charge in [0.25, 0.3) is 0 Å². The lowest BCUT2D eigenvalue weighted by Crippen LogP contribution is -2.30. The number of nitrogens with one attached hydrogen (secondary N) is 1. The lowest BCUT2D eigenvalue weighted by molar-refractivity contribution is -0.137. The van der Waals surface area contributed by atoms with E-state index < -0.39 is 11.7 Å². The molecule has 0 bridgehead atoms. The second kappa shape index (κ2) is 9.28. The van der Waals surface area contributed by atoms with Gasteiger partial charge in [-0.3, -0.25) is 4.79 Å². The second-order valence-corrected chi connectivity index (χ2v) is 7.80. The number of amides is 1. The van der Waals surface area contributed by atoms with E-state index in [1.165, 1.54) is 12.1 Å². The van der Waals surface area contributed by atoms with E-state index in [0.717, 1.165) is 24.1 Å². The summed E-state index contributed by atoms with van der Waals surface area (Å²) in [5.41, 5.74) is 0.757. The van der Waals surface area contributed by atoms with Crippen LogP contribution in [0.1, 0.15) is 43.7 Å². The molecule has 0 saturated heterocycles. The van der Waals surface area contributed by atoms with Crippen LogP contribution in [-0.2, 0) is 11.0 Å². The van der Waals surface area contributed by atoms with Crippen LogP contribution in [-0.4, -0.2) is 29.0 Å². The van der Waals surface area contributed by atoms with Crippen molar-refractivity contribution < 1.29 is 18.0 Å². The number of carbonyl (C=O) groups is 1. The third-order valence-corrected chi connectivity index (χ3v) is 5.01. The van der Waals surface area contributed by atoms with Gasteiger partial charge in [-0.2, -0.15) is 13.2 Å². The van der Waals surface area contributed by atoms with E-state index in [0.29, 0.717) is 36.9 Å². The van der Waals surface area contributed by atoms with Gasteiger partial charge in [0.1, 0.15) is 0 Å². The molecule has 0 radical (unpaired) electrons. The van der Waals surface area contributed by atoms with E-state index in [-0.39, 0.29) is 11.8 Å². The molecule has 1 aromatic carbocycles. The van der Waals surface area contributed by atoms with Crippen LogP contribution in [0, 0.1) is 5.92 Å². The summed E-state index contributed by atoms with van der Waals surface area (Å²) in [4.78, 5) is 22.8. The molecule has 1 aliphatic heterocycles. The molecular weight excluding hydrogens is 393 g/mol. The first kappa shape index (κ1) is 21.8. The predicted molar refractivity (Wildman–Crippen MR) is 109 cm³/mol. The zero-order chi connectivity index (χ0) is 21.7. The van der Waals surface area contributed by atoms with Gasteiger partial charge in [-0.15, -0.1) is 0 Å². The van der Waals surface area contributed by atoms with Crippen LogP contribution < -0.4 is 10.2 Å². The largest absolute Gasteiger partial charge is 0.416 e. The summed E-state index contributed by atoms with van der Waals surface area (Å²) in [5, 5.41) is 2.95. The number of hydrogen-bond acceptors (Lipinski definition) is 4. The van der Waals surface area contributed by atoms with Gasteiger partial charge in [0.2, 0.25) is 11.9 Å². The Labute approximate surface area is 174 Å². The highest BCUT2D eigenvalue weighted by Gasteiger charge is 2.30. The molecule has 0 aliphatic carbocycles. The molecule has 5 nitrogen and oxygen atoms in total. The fraction of sp³-hybridized carbons (Fsp3) is 0.409. The van der Waals surface area contributed by atoms with Gasteiger partial charge < -0.3 is 10.2 Å². The first-order valence-electron chi connectivity index (χ1n) is 9.93. The Balaban J connectivity index is 1.65. The van der Waals surface area contributed by atoms with Crippen LogP contribution in [0.2, 0.25) is 0 Å². The molecule has 1 amide bonds. The summed E-state index contributed by atoms with van der Waals surface area (Å²) < 4.78 is 38.5. The summed E-state index contributed by atoms with van der Waals surface area (Å²) in [6.07, 6.45) is 2.03. The number of aromatic nitrogens is 2. The lowest BCUT2D eigenvalue weighted by atomic mass is 9.89. The summed E-state index contributed by atoms with van der Waals surface area (Å²) in [5.74, 6) is 0.647. The highest BCUT2D eigenvalue weighted by molar-refractivity contribution is 5.94. The van der Waals surface area contributed by atoms with Crippen molar-refractivity contribution in [1.29, 1.82) is 0 Å². The molecule has 0 fully saturated rings. The Morgan fingerprint density at radius 1 is 1.17 bits per heavy atom. The smallest absolute Gasteiger partial charge is 0.352 e. The number of rotatable bonds is 7.